The van der Waals surface area contributed by atoms with Crippen molar-refractivity contribution >= 4 is 6.09 Å². The summed E-state index contributed by atoms with van der Waals surface area (Å²) in [6.07, 6.45) is 9.54. The summed E-state index contributed by atoms with van der Waals surface area (Å²) in [7, 11) is 1.73. The van der Waals surface area contributed by atoms with Gasteiger partial charge in [-0.15, -0.1) is 0 Å². The van der Waals surface area contributed by atoms with E-state index in [1.54, 1.807) is 7.11 Å². The number of epoxide rings is 2. The molecule has 1 spiro atoms. The number of hydrogen-bond donors (Lipinski definition) is 0. The topological polar surface area (TPSA) is 67.1 Å². The third kappa shape index (κ3) is 4.91. The molecule has 5 rings (SSSR count). The highest BCUT2D eigenvalue weighted by atomic mass is 16.6. The highest BCUT2D eigenvalue weighted by Gasteiger charge is 2.72. The van der Waals surface area contributed by atoms with Gasteiger partial charge < -0.3 is 28.7 Å². The molecule has 5 aliphatic rings. The highest BCUT2D eigenvalue weighted by Crippen LogP contribution is 2.59. The van der Waals surface area contributed by atoms with Crippen LogP contribution in [0.2, 0.25) is 0 Å². The number of nitrogens with zero attached hydrogens (tertiary/aromatic N) is 2. The lowest BCUT2D eigenvalue weighted by molar-refractivity contribution is -0.124. The Morgan fingerprint density at radius 1 is 1.18 bits per heavy atom. The van der Waals surface area contributed by atoms with Crippen LogP contribution in [-0.2, 0) is 18.9 Å². The Morgan fingerprint density at radius 3 is 2.56 bits per heavy atom. The van der Waals surface area contributed by atoms with Crippen LogP contribution >= 0.6 is 0 Å². The van der Waals surface area contributed by atoms with E-state index in [1.807, 2.05) is 4.90 Å². The molecule has 192 valence electrons. The Kier molecular flexibility index (Phi) is 7.01. The quantitative estimate of drug-likeness (QED) is 0.390. The largest absolute Gasteiger partial charge is 0.443 e. The molecule has 1 saturated carbocycles. The van der Waals surface area contributed by atoms with Crippen LogP contribution in [0.25, 0.3) is 0 Å². The average molecular weight is 477 g/mol. The first kappa shape index (κ1) is 24.5. The fourth-order valence-corrected chi connectivity index (χ4v) is 6.72. The maximum Gasteiger partial charge on any atom is 0.410 e. The molecule has 4 heterocycles. The molecular weight excluding hydrogens is 432 g/mol. The molecule has 0 aromatic heterocycles. The van der Waals surface area contributed by atoms with Gasteiger partial charge in [0.2, 0.25) is 0 Å². The monoisotopic (exact) mass is 476 g/mol. The average Bonchev–Trinajstić information content (AvgIpc) is 3.70. The van der Waals surface area contributed by atoms with Crippen LogP contribution < -0.4 is 0 Å². The molecule has 1 aliphatic carbocycles. The van der Waals surface area contributed by atoms with E-state index in [1.165, 1.54) is 44.3 Å². The Morgan fingerprint density at radius 2 is 1.91 bits per heavy atom. The van der Waals surface area contributed by atoms with Crippen LogP contribution in [0.5, 0.6) is 0 Å². The van der Waals surface area contributed by atoms with Crippen molar-refractivity contribution in [3.05, 3.63) is 11.6 Å². The molecule has 1 amide bonds. The first-order chi connectivity index (χ1) is 16.3. The molecule has 4 saturated heterocycles. The smallest absolute Gasteiger partial charge is 0.410 e. The number of carbonyl (C=O) groups is 1. The number of ether oxygens (including phenoxy) is 4. The van der Waals surface area contributed by atoms with Gasteiger partial charge in [-0.05, 0) is 84.8 Å². The number of allylic oxidation sites excluding steroid dienone is 1. The number of carbonyl (C=O) groups excluding carboxylic acids is 1. The summed E-state index contributed by atoms with van der Waals surface area (Å²) in [6.45, 7) is 12.4. The lowest BCUT2D eigenvalue weighted by Crippen LogP contribution is -2.57. The third-order valence-corrected chi connectivity index (χ3v) is 9.01. The molecule has 7 heteroatoms. The molecule has 34 heavy (non-hydrogen) atoms. The zero-order chi connectivity index (χ0) is 23.9. The van der Waals surface area contributed by atoms with Gasteiger partial charge in [0.05, 0.1) is 18.6 Å². The molecule has 0 N–H and O–H groups in total. The summed E-state index contributed by atoms with van der Waals surface area (Å²) in [5, 5.41) is 0. The van der Waals surface area contributed by atoms with Gasteiger partial charge in [-0.1, -0.05) is 18.1 Å². The second kappa shape index (κ2) is 9.72. The second-order valence-electron chi connectivity index (χ2n) is 11.8. The molecule has 7 nitrogen and oxygen atoms in total. The maximum atomic E-state index is 13.0. The summed E-state index contributed by atoms with van der Waals surface area (Å²) in [5.41, 5.74) is 0.816. The maximum absolute atomic E-state index is 13.0. The van der Waals surface area contributed by atoms with Crippen LogP contribution in [0.1, 0.15) is 65.7 Å². The molecule has 0 radical (unpaired) electrons. The lowest BCUT2D eigenvalue weighted by atomic mass is 9.68. The van der Waals surface area contributed by atoms with E-state index in [0.29, 0.717) is 5.92 Å². The summed E-state index contributed by atoms with van der Waals surface area (Å²) >= 11 is 0. The Balaban J connectivity index is 1.14. The summed E-state index contributed by atoms with van der Waals surface area (Å²) in [5.74, 6) is 0.672. The van der Waals surface area contributed by atoms with Gasteiger partial charge in [-0.25, -0.2) is 4.79 Å². The van der Waals surface area contributed by atoms with Gasteiger partial charge in [-0.3, -0.25) is 0 Å². The number of piperidine rings is 1. The van der Waals surface area contributed by atoms with E-state index < -0.39 is 0 Å². The van der Waals surface area contributed by atoms with Crippen molar-refractivity contribution in [1.82, 2.24) is 9.80 Å². The van der Waals surface area contributed by atoms with Crippen molar-refractivity contribution in [2.75, 3.05) is 46.4 Å². The SMILES string of the molecule is COC1C(OC(=O)N2CC(CCN3CCCCC3)C2)CCC2(CO2)C1[C@@]1(C)O[C@@H]1CC=C(C)C. The molecule has 6 atom stereocenters. The second-order valence-corrected chi connectivity index (χ2v) is 11.8. The number of likely N-dealkylation sites (tertiary alicyclic amines) is 2. The number of methoxy groups -OCH3 is 1. The molecule has 0 aromatic carbocycles. The van der Waals surface area contributed by atoms with Crippen LogP contribution in [0, 0.1) is 11.8 Å². The van der Waals surface area contributed by atoms with Gasteiger partial charge in [-0.2, -0.15) is 0 Å². The molecule has 5 fully saturated rings. The van der Waals surface area contributed by atoms with Crippen molar-refractivity contribution in [1.29, 1.82) is 0 Å². The zero-order valence-corrected chi connectivity index (χ0v) is 21.6. The summed E-state index contributed by atoms with van der Waals surface area (Å²) < 4.78 is 24.4. The number of hydrogen-bond acceptors (Lipinski definition) is 6. The highest BCUT2D eigenvalue weighted by molar-refractivity contribution is 5.69. The van der Waals surface area contributed by atoms with Crippen molar-refractivity contribution in [3.63, 3.8) is 0 Å². The van der Waals surface area contributed by atoms with Crippen molar-refractivity contribution < 1.29 is 23.7 Å². The summed E-state index contributed by atoms with van der Waals surface area (Å²) in [6, 6.07) is 0. The van der Waals surface area contributed by atoms with E-state index in [9.17, 15) is 4.79 Å². The van der Waals surface area contributed by atoms with Crippen LogP contribution in [-0.4, -0.2) is 91.8 Å². The third-order valence-electron chi connectivity index (χ3n) is 9.01. The molecule has 4 aliphatic heterocycles. The molecule has 0 bridgehead atoms. The van der Waals surface area contributed by atoms with Crippen LogP contribution in [0.4, 0.5) is 4.79 Å². The Bertz CT molecular complexity index is 767. The van der Waals surface area contributed by atoms with Crippen molar-refractivity contribution in [2.45, 2.75) is 95.2 Å². The Hall–Kier alpha value is -1.15. The van der Waals surface area contributed by atoms with Crippen LogP contribution in [0.15, 0.2) is 11.6 Å². The first-order valence-electron chi connectivity index (χ1n) is 13.5. The minimum atomic E-state index is -0.301. The summed E-state index contributed by atoms with van der Waals surface area (Å²) in [4.78, 5) is 17.4. The fourth-order valence-electron chi connectivity index (χ4n) is 6.72. The van der Waals surface area contributed by atoms with E-state index in [0.717, 1.165) is 45.5 Å². The van der Waals surface area contributed by atoms with Gasteiger partial charge in [0, 0.05) is 20.2 Å². The minimum Gasteiger partial charge on any atom is -0.443 e. The van der Waals surface area contributed by atoms with Gasteiger partial charge >= 0.3 is 6.09 Å². The normalized spacial score (nSPS) is 40.1. The number of amides is 1. The van der Waals surface area contributed by atoms with E-state index in [-0.39, 0.29) is 41.5 Å². The lowest BCUT2D eigenvalue weighted by Gasteiger charge is -2.44. The van der Waals surface area contributed by atoms with Crippen molar-refractivity contribution in [3.8, 4) is 0 Å². The molecule has 0 aromatic rings. The van der Waals surface area contributed by atoms with Gasteiger partial charge in [0.1, 0.15) is 23.4 Å². The van der Waals surface area contributed by atoms with E-state index in [4.69, 9.17) is 18.9 Å². The predicted octanol–water partition coefficient (Wildman–Crippen LogP) is 4.01. The van der Waals surface area contributed by atoms with E-state index in [2.05, 4.69) is 31.7 Å². The standard InChI is InChI=1S/C27H44N2O5/c1-19(2)8-9-22-26(3,34-22)24-23(31-4)21(10-12-27(24)18-32-27)33-25(30)29-16-20(17-29)11-15-28-13-6-5-7-14-28/h8,20-24H,5-7,9-18H2,1-4H3/t21?,22-,23?,24?,26+,27?/m1/s1. The first-order valence-corrected chi connectivity index (χ1v) is 13.5. The predicted molar refractivity (Wildman–Crippen MR) is 130 cm³/mol. The number of rotatable bonds is 8. The van der Waals surface area contributed by atoms with Gasteiger partial charge in [0.15, 0.2) is 0 Å². The van der Waals surface area contributed by atoms with E-state index >= 15 is 0 Å². The molecular formula is C27H44N2O5. The Labute approximate surface area is 205 Å². The minimum absolute atomic E-state index is 0.0702. The van der Waals surface area contributed by atoms with Crippen molar-refractivity contribution in [2.24, 2.45) is 11.8 Å². The zero-order valence-electron chi connectivity index (χ0n) is 21.6. The fraction of sp³-hybridized carbons (Fsp3) is 0.889. The van der Waals surface area contributed by atoms with Gasteiger partial charge in [0.25, 0.3) is 0 Å². The van der Waals surface area contributed by atoms with Crippen LogP contribution in [0.3, 0.4) is 0 Å². The molecule has 4 unspecified atom stereocenters.